The van der Waals surface area contributed by atoms with Gasteiger partial charge < -0.3 is 0 Å². The molecule has 0 heterocycles. The lowest BCUT2D eigenvalue weighted by Crippen LogP contribution is -2.42. The maximum Gasteiger partial charge on any atom is 0.173 e. The molecule has 43 heavy (non-hydrogen) atoms. The molecule has 0 aliphatic carbocycles. The highest BCUT2D eigenvalue weighted by molar-refractivity contribution is 8.10. The Kier molecular flexibility index (Phi) is 25.3. The highest BCUT2D eigenvalue weighted by Gasteiger charge is 2.44. The maximum absolute atomic E-state index is 12.3. The third kappa shape index (κ3) is 22.9. The summed E-state index contributed by atoms with van der Waals surface area (Å²) in [5, 5.41) is -0.819. The lowest BCUT2D eigenvalue weighted by Gasteiger charge is -2.23. The summed E-state index contributed by atoms with van der Waals surface area (Å²) in [6.07, 6.45) is 27.1. The minimum absolute atomic E-state index is 0.269. The SMILES string of the molecule is CC=CC=CCS(=O)(=O)C(C)(C)S(=O)(=O)CC=CC=CC.CC=CC=CCS(=O)(=O)CS(=O)(=O)CC=CC=CC.CCC. The van der Waals surface area contributed by atoms with E-state index in [1.165, 1.54) is 44.6 Å². The summed E-state index contributed by atoms with van der Waals surface area (Å²) in [6.45, 7) is 14.0. The molecule has 8 nitrogen and oxygen atoms in total. The van der Waals surface area contributed by atoms with E-state index in [9.17, 15) is 33.7 Å². The molecule has 0 rings (SSSR count). The van der Waals surface area contributed by atoms with Gasteiger partial charge in [-0.1, -0.05) is 117 Å². The van der Waals surface area contributed by atoms with E-state index in [0.29, 0.717) is 0 Å². The first-order valence-electron chi connectivity index (χ1n) is 13.8. The fraction of sp³-hybridized carbons (Fsp3) is 0.484. The molecule has 0 saturated heterocycles. The van der Waals surface area contributed by atoms with Crippen LogP contribution in [0.2, 0.25) is 0 Å². The molecule has 0 radical (unpaired) electrons. The van der Waals surface area contributed by atoms with Crippen LogP contribution in [0.25, 0.3) is 0 Å². The largest absolute Gasteiger partial charge is 0.227 e. The quantitative estimate of drug-likeness (QED) is 0.174. The first-order chi connectivity index (χ1) is 19.9. The van der Waals surface area contributed by atoms with Crippen LogP contribution in [0, 0.1) is 0 Å². The Bertz CT molecular complexity index is 1320. The Morgan fingerprint density at radius 1 is 0.442 bits per heavy atom. The van der Waals surface area contributed by atoms with Crippen molar-refractivity contribution in [1.82, 2.24) is 0 Å². The molecule has 0 saturated carbocycles. The molecule has 0 spiro atoms. The van der Waals surface area contributed by atoms with E-state index in [0.717, 1.165) is 0 Å². The predicted molar refractivity (Wildman–Crippen MR) is 186 cm³/mol. The Balaban J connectivity index is -0.000000684. The van der Waals surface area contributed by atoms with Crippen molar-refractivity contribution in [2.45, 2.75) is 65.9 Å². The molecule has 0 N–H and O–H groups in total. The predicted octanol–water partition coefficient (Wildman–Crippen LogP) is 6.27. The van der Waals surface area contributed by atoms with Crippen molar-refractivity contribution in [3.05, 3.63) is 97.2 Å². The average molecular weight is 681 g/mol. The van der Waals surface area contributed by atoms with Gasteiger partial charge >= 0.3 is 0 Å². The van der Waals surface area contributed by atoms with Gasteiger partial charge in [0.1, 0.15) is 0 Å². The molecule has 0 fully saturated rings. The lowest BCUT2D eigenvalue weighted by molar-refractivity contribution is 0.558. The zero-order chi connectivity index (χ0) is 34.1. The van der Waals surface area contributed by atoms with Crippen LogP contribution in [0.3, 0.4) is 0 Å². The van der Waals surface area contributed by atoms with Gasteiger partial charge in [-0.15, -0.1) is 0 Å². The van der Waals surface area contributed by atoms with Crippen LogP contribution in [0.1, 0.15) is 61.8 Å². The summed E-state index contributed by atoms with van der Waals surface area (Å²) in [6, 6.07) is 0. The number of allylic oxidation sites excluding steroid dienone is 12. The second-order valence-electron chi connectivity index (χ2n) is 9.42. The molecule has 0 atom stereocenters. The zero-order valence-corrected chi connectivity index (χ0v) is 30.1. The fourth-order valence-corrected chi connectivity index (χ4v) is 9.75. The number of hydrogen-bond acceptors (Lipinski definition) is 8. The molecule has 0 unspecified atom stereocenters. The van der Waals surface area contributed by atoms with Gasteiger partial charge in [0, 0.05) is 0 Å². The van der Waals surface area contributed by atoms with Gasteiger partial charge in [0.25, 0.3) is 0 Å². The Hall–Kier alpha value is -2.28. The molecular formula is C31H52O8S4. The van der Waals surface area contributed by atoms with Gasteiger partial charge in [-0.2, -0.15) is 0 Å². The van der Waals surface area contributed by atoms with Crippen molar-refractivity contribution < 1.29 is 33.7 Å². The third-order valence-electron chi connectivity index (χ3n) is 4.95. The lowest BCUT2D eigenvalue weighted by atomic mass is 10.5. The number of hydrogen-bond donors (Lipinski definition) is 0. The second kappa shape index (κ2) is 24.1. The molecule has 0 bridgehead atoms. The molecule has 0 amide bonds. The molecule has 0 aliphatic heterocycles. The Labute approximate surface area is 263 Å². The van der Waals surface area contributed by atoms with Crippen LogP contribution in [0.5, 0.6) is 0 Å². The minimum Gasteiger partial charge on any atom is -0.227 e. The van der Waals surface area contributed by atoms with E-state index in [2.05, 4.69) is 13.8 Å². The Morgan fingerprint density at radius 3 is 0.907 bits per heavy atom. The summed E-state index contributed by atoms with van der Waals surface area (Å²) in [5.41, 5.74) is 0. The molecule has 0 aliphatic rings. The molecule has 248 valence electrons. The van der Waals surface area contributed by atoms with Crippen molar-refractivity contribution in [2.75, 3.05) is 28.1 Å². The smallest absolute Gasteiger partial charge is 0.173 e. The Morgan fingerprint density at radius 2 is 0.674 bits per heavy atom. The second-order valence-corrected chi connectivity index (χ2v) is 19.4. The number of sulfone groups is 4. The normalized spacial score (nSPS) is 14.1. The van der Waals surface area contributed by atoms with Crippen LogP contribution in [0.15, 0.2) is 97.2 Å². The van der Waals surface area contributed by atoms with Gasteiger partial charge in [0.05, 0.1) is 23.0 Å². The summed E-state index contributed by atoms with van der Waals surface area (Å²) in [5.74, 6) is -1.14. The first-order valence-corrected chi connectivity index (χ1v) is 20.8. The first kappa shape index (κ1) is 45.2. The van der Waals surface area contributed by atoms with E-state index >= 15 is 0 Å². The highest BCUT2D eigenvalue weighted by Crippen LogP contribution is 2.26. The van der Waals surface area contributed by atoms with Gasteiger partial charge in [-0.25, -0.2) is 33.7 Å². The van der Waals surface area contributed by atoms with Crippen molar-refractivity contribution in [3.63, 3.8) is 0 Å². The zero-order valence-electron chi connectivity index (χ0n) is 26.9. The summed E-state index contributed by atoms with van der Waals surface area (Å²) < 4.78 is 93.6. The van der Waals surface area contributed by atoms with Crippen molar-refractivity contribution in [3.8, 4) is 0 Å². The van der Waals surface area contributed by atoms with Crippen LogP contribution in [0.4, 0.5) is 0 Å². The van der Waals surface area contributed by atoms with Gasteiger partial charge in [-0.05, 0) is 41.5 Å². The van der Waals surface area contributed by atoms with Crippen molar-refractivity contribution in [2.24, 2.45) is 0 Å². The topological polar surface area (TPSA) is 137 Å². The number of rotatable bonds is 16. The highest BCUT2D eigenvalue weighted by atomic mass is 32.3. The van der Waals surface area contributed by atoms with Crippen LogP contribution in [-0.4, -0.2) is 65.8 Å². The minimum atomic E-state index is -3.80. The average Bonchev–Trinajstić information content (AvgIpc) is 2.90. The standard InChI is InChI=1S/C15H24O4S2.C13H20O4S2.C3H8/c1-5-7-9-11-13-20(16,17)15(3,4)21(18,19)14-12-10-8-6-2;1-3-5-7-9-11-18(14,15)13-19(16,17)12-10-8-6-4-2;1-3-2/h5-12H,13-14H2,1-4H3;3-10H,11-13H2,1-2H3;3H2,1-2H3. The van der Waals surface area contributed by atoms with E-state index < -0.39 is 48.5 Å². The summed E-state index contributed by atoms with van der Waals surface area (Å²) in [4.78, 5) is 0. The van der Waals surface area contributed by atoms with Crippen molar-refractivity contribution in [1.29, 1.82) is 0 Å². The van der Waals surface area contributed by atoms with Crippen molar-refractivity contribution >= 4 is 39.3 Å². The van der Waals surface area contributed by atoms with E-state index in [1.807, 2.05) is 13.8 Å². The summed E-state index contributed by atoms with van der Waals surface area (Å²) in [7, 11) is -14.8. The fourth-order valence-electron chi connectivity index (χ4n) is 2.49. The molecule has 12 heteroatoms. The van der Waals surface area contributed by atoms with Gasteiger partial charge in [0.15, 0.2) is 48.5 Å². The van der Waals surface area contributed by atoms with Crippen LogP contribution in [-0.2, 0) is 39.3 Å². The summed E-state index contributed by atoms with van der Waals surface area (Å²) >= 11 is 0. The third-order valence-corrected chi connectivity index (χ3v) is 15.0. The molecular weight excluding hydrogens is 629 g/mol. The monoisotopic (exact) mass is 680 g/mol. The van der Waals surface area contributed by atoms with Crippen LogP contribution < -0.4 is 0 Å². The van der Waals surface area contributed by atoms with E-state index in [4.69, 9.17) is 0 Å². The molecule has 0 aromatic carbocycles. The van der Waals surface area contributed by atoms with Gasteiger partial charge in [0.2, 0.25) is 0 Å². The van der Waals surface area contributed by atoms with E-state index in [-0.39, 0.29) is 23.0 Å². The van der Waals surface area contributed by atoms with E-state index in [1.54, 1.807) is 86.8 Å². The molecule has 0 aromatic rings. The van der Waals surface area contributed by atoms with Crippen LogP contribution >= 0.6 is 0 Å². The maximum atomic E-state index is 12.3. The molecule has 0 aromatic heterocycles. The van der Waals surface area contributed by atoms with Gasteiger partial charge in [-0.3, -0.25) is 0 Å².